The number of aromatic nitrogens is 2. The summed E-state index contributed by atoms with van der Waals surface area (Å²) in [5, 5.41) is 17.9. The van der Waals surface area contributed by atoms with Crippen molar-refractivity contribution in [1.82, 2.24) is 15.1 Å². The first-order valence-corrected chi connectivity index (χ1v) is 7.89. The molecule has 3 rings (SSSR count). The number of halogens is 5. The van der Waals surface area contributed by atoms with Crippen LogP contribution in [0.1, 0.15) is 23.2 Å². The van der Waals surface area contributed by atoms with Gasteiger partial charge < -0.3 is 5.11 Å². The van der Waals surface area contributed by atoms with Gasteiger partial charge in [-0.3, -0.25) is 4.90 Å². The molecule has 0 saturated carbocycles. The van der Waals surface area contributed by atoms with Gasteiger partial charge in [-0.1, -0.05) is 0 Å². The first-order valence-electron chi connectivity index (χ1n) is 7.89. The molecule has 0 atom stereocenters. The maximum atomic E-state index is 13.2. The fraction of sp³-hybridized carbons (Fsp3) is 0.412. The number of aromatic hydroxyl groups is 1. The minimum atomic E-state index is -4.56. The number of hydrogen-bond donors (Lipinski definition) is 1. The number of rotatable bonds is 3. The van der Waals surface area contributed by atoms with E-state index in [1.807, 2.05) is 0 Å². The highest BCUT2D eigenvalue weighted by Crippen LogP contribution is 2.38. The van der Waals surface area contributed by atoms with Crippen LogP contribution in [-0.2, 0) is 12.7 Å². The second-order valence-corrected chi connectivity index (χ2v) is 6.41. The third-order valence-electron chi connectivity index (χ3n) is 4.25. The monoisotopic (exact) mass is 373 g/mol. The average molecular weight is 373 g/mol. The Bertz CT molecular complexity index is 782. The van der Waals surface area contributed by atoms with Gasteiger partial charge in [0.05, 0.1) is 23.5 Å². The number of hydrogen-bond acceptors (Lipinski definition) is 4. The largest absolute Gasteiger partial charge is 0.507 e. The van der Waals surface area contributed by atoms with Gasteiger partial charge in [-0.2, -0.15) is 23.4 Å². The first kappa shape index (κ1) is 18.5. The summed E-state index contributed by atoms with van der Waals surface area (Å²) in [6, 6.07) is 4.64. The molecule has 9 heteroatoms. The molecule has 1 aliphatic heterocycles. The highest BCUT2D eigenvalue weighted by atomic mass is 19.4. The first-order chi connectivity index (χ1) is 12.0. The summed E-state index contributed by atoms with van der Waals surface area (Å²) < 4.78 is 64.8. The maximum Gasteiger partial charge on any atom is 0.416 e. The van der Waals surface area contributed by atoms with Crippen LogP contribution in [0.15, 0.2) is 24.3 Å². The number of phenols is 1. The Balaban J connectivity index is 1.81. The van der Waals surface area contributed by atoms with Gasteiger partial charge in [-0.25, -0.2) is 8.78 Å². The Morgan fingerprint density at radius 3 is 2.42 bits per heavy atom. The topological polar surface area (TPSA) is 49.2 Å². The summed E-state index contributed by atoms with van der Waals surface area (Å²) in [7, 11) is 0. The van der Waals surface area contributed by atoms with Crippen molar-refractivity contribution in [2.75, 3.05) is 13.1 Å². The van der Waals surface area contributed by atoms with E-state index in [9.17, 15) is 27.1 Å². The van der Waals surface area contributed by atoms with E-state index in [2.05, 4.69) is 10.2 Å². The fourth-order valence-corrected chi connectivity index (χ4v) is 3.01. The Morgan fingerprint density at radius 2 is 1.92 bits per heavy atom. The molecule has 4 nitrogen and oxygen atoms in total. The normalized spacial score (nSPS) is 17.6. The molecule has 1 aliphatic rings. The van der Waals surface area contributed by atoms with E-state index in [0.717, 1.165) is 6.07 Å². The van der Waals surface area contributed by atoms with Crippen LogP contribution in [0.4, 0.5) is 22.0 Å². The standard InChI is InChI=1S/C17H16F5N3O/c1-10-6-11(17(20,21)22)7-14(26)15(10)13-3-2-12(23-24-13)8-25-5-4-16(18,19)9-25/h2-3,6-7,26H,4-5,8-9H2,1H3. The molecule has 1 aromatic heterocycles. The van der Waals surface area contributed by atoms with Gasteiger partial charge in [-0.15, -0.1) is 0 Å². The Morgan fingerprint density at radius 1 is 1.19 bits per heavy atom. The van der Waals surface area contributed by atoms with Gasteiger partial charge in [0, 0.05) is 25.1 Å². The summed E-state index contributed by atoms with van der Waals surface area (Å²) in [6.45, 7) is 1.57. The molecule has 1 aromatic carbocycles. The molecule has 2 heterocycles. The van der Waals surface area contributed by atoms with Gasteiger partial charge in [0.1, 0.15) is 5.75 Å². The van der Waals surface area contributed by atoms with Gasteiger partial charge in [0.25, 0.3) is 5.92 Å². The molecular weight excluding hydrogens is 357 g/mol. The second-order valence-electron chi connectivity index (χ2n) is 6.41. The van der Waals surface area contributed by atoms with E-state index in [0.29, 0.717) is 11.8 Å². The van der Waals surface area contributed by atoms with Crippen LogP contribution in [0.5, 0.6) is 5.75 Å². The van der Waals surface area contributed by atoms with E-state index < -0.39 is 23.4 Å². The zero-order valence-electron chi connectivity index (χ0n) is 13.8. The quantitative estimate of drug-likeness (QED) is 0.826. The molecular formula is C17H16F5N3O. The zero-order valence-corrected chi connectivity index (χ0v) is 13.8. The number of phenolic OH excluding ortho intramolecular Hbond substituents is 1. The molecule has 2 aromatic rings. The maximum absolute atomic E-state index is 13.2. The van der Waals surface area contributed by atoms with Crippen molar-refractivity contribution in [2.45, 2.75) is 32.0 Å². The van der Waals surface area contributed by atoms with E-state index in [-0.39, 0.29) is 42.9 Å². The third-order valence-corrected chi connectivity index (χ3v) is 4.25. The van der Waals surface area contributed by atoms with Crippen molar-refractivity contribution in [1.29, 1.82) is 0 Å². The Labute approximate surface area is 146 Å². The summed E-state index contributed by atoms with van der Waals surface area (Å²) in [6.07, 6.45) is -4.76. The van der Waals surface area contributed by atoms with Gasteiger partial charge in [-0.05, 0) is 36.8 Å². The predicted molar refractivity (Wildman–Crippen MR) is 83.7 cm³/mol. The molecule has 1 fully saturated rings. The smallest absolute Gasteiger partial charge is 0.416 e. The molecule has 0 unspecified atom stereocenters. The van der Waals surface area contributed by atoms with Crippen molar-refractivity contribution in [3.8, 4) is 17.0 Å². The van der Waals surface area contributed by atoms with Crippen LogP contribution >= 0.6 is 0 Å². The lowest BCUT2D eigenvalue weighted by atomic mass is 10.0. The van der Waals surface area contributed by atoms with Crippen LogP contribution < -0.4 is 0 Å². The van der Waals surface area contributed by atoms with Gasteiger partial charge in [0.2, 0.25) is 0 Å². The lowest BCUT2D eigenvalue weighted by molar-refractivity contribution is -0.137. The van der Waals surface area contributed by atoms with Crippen molar-refractivity contribution in [2.24, 2.45) is 0 Å². The molecule has 140 valence electrons. The zero-order chi connectivity index (χ0) is 19.1. The summed E-state index contributed by atoms with van der Waals surface area (Å²) in [5.74, 6) is -3.24. The van der Waals surface area contributed by atoms with Crippen molar-refractivity contribution in [3.63, 3.8) is 0 Å². The number of likely N-dealkylation sites (tertiary alicyclic amines) is 1. The van der Waals surface area contributed by atoms with Crippen molar-refractivity contribution in [3.05, 3.63) is 41.1 Å². The number of nitrogens with zero attached hydrogens (tertiary/aromatic N) is 3. The van der Waals surface area contributed by atoms with E-state index in [1.54, 1.807) is 11.0 Å². The Kier molecular flexibility index (Phi) is 4.60. The lowest BCUT2D eigenvalue weighted by Gasteiger charge is -2.15. The van der Waals surface area contributed by atoms with Gasteiger partial charge in [0.15, 0.2) is 0 Å². The van der Waals surface area contributed by atoms with Crippen molar-refractivity contribution >= 4 is 0 Å². The van der Waals surface area contributed by atoms with Crippen LogP contribution in [0.25, 0.3) is 11.3 Å². The van der Waals surface area contributed by atoms with E-state index in [1.165, 1.54) is 13.0 Å². The lowest BCUT2D eigenvalue weighted by Crippen LogP contribution is -2.25. The molecule has 0 amide bonds. The molecule has 1 N–H and O–H groups in total. The SMILES string of the molecule is Cc1cc(C(F)(F)F)cc(O)c1-c1ccc(CN2CCC(F)(F)C2)nn1. The highest BCUT2D eigenvalue weighted by molar-refractivity contribution is 5.71. The van der Waals surface area contributed by atoms with Crippen LogP contribution in [0.3, 0.4) is 0 Å². The molecule has 26 heavy (non-hydrogen) atoms. The average Bonchev–Trinajstić information content (AvgIpc) is 2.86. The summed E-state index contributed by atoms with van der Waals surface area (Å²) >= 11 is 0. The minimum absolute atomic E-state index is 0.157. The number of benzene rings is 1. The third kappa shape index (κ3) is 3.92. The van der Waals surface area contributed by atoms with Crippen LogP contribution in [0, 0.1) is 6.92 Å². The second kappa shape index (κ2) is 6.46. The summed E-state index contributed by atoms with van der Waals surface area (Å²) in [5.41, 5.74) is 0.0961. The van der Waals surface area contributed by atoms with E-state index >= 15 is 0 Å². The van der Waals surface area contributed by atoms with Crippen molar-refractivity contribution < 1.29 is 27.1 Å². The predicted octanol–water partition coefficient (Wildman–Crippen LogP) is 4.02. The highest BCUT2D eigenvalue weighted by Gasteiger charge is 2.38. The molecule has 0 radical (unpaired) electrons. The molecule has 0 bridgehead atoms. The Hall–Kier alpha value is -2.29. The fourth-order valence-electron chi connectivity index (χ4n) is 3.01. The minimum Gasteiger partial charge on any atom is -0.507 e. The molecule has 0 aliphatic carbocycles. The molecule has 1 saturated heterocycles. The van der Waals surface area contributed by atoms with Crippen LogP contribution in [0.2, 0.25) is 0 Å². The summed E-state index contributed by atoms with van der Waals surface area (Å²) in [4.78, 5) is 1.56. The van der Waals surface area contributed by atoms with E-state index in [4.69, 9.17) is 0 Å². The number of alkyl halides is 5. The van der Waals surface area contributed by atoms with Crippen LogP contribution in [-0.4, -0.2) is 39.2 Å². The van der Waals surface area contributed by atoms with Gasteiger partial charge >= 0.3 is 6.18 Å². The molecule has 0 spiro atoms. The number of aryl methyl sites for hydroxylation is 1.